The molecule has 1 rings (SSSR count). The van der Waals surface area contributed by atoms with Crippen LogP contribution in [0.15, 0.2) is 0 Å². The molecule has 0 heterocycles. The monoisotopic (exact) mass is 296 g/mol. The minimum Gasteiger partial charge on any atom is -0.356 e. The van der Waals surface area contributed by atoms with Crippen LogP contribution in [0.4, 0.5) is 0 Å². The van der Waals surface area contributed by atoms with Crippen molar-refractivity contribution in [3.63, 3.8) is 0 Å². The van der Waals surface area contributed by atoms with Crippen LogP contribution in [0.25, 0.3) is 0 Å². The minimum absolute atomic E-state index is 0.122. The van der Waals surface area contributed by atoms with Crippen molar-refractivity contribution in [2.75, 3.05) is 6.54 Å². The summed E-state index contributed by atoms with van der Waals surface area (Å²) in [5, 5.41) is 3.11. The summed E-state index contributed by atoms with van der Waals surface area (Å²) in [5.41, 5.74) is 6.02. The molecule has 0 aromatic heterocycles. The first-order valence-corrected chi connectivity index (χ1v) is 9.04. The first-order valence-electron chi connectivity index (χ1n) is 9.04. The molecule has 0 aromatic carbocycles. The molecule has 3 heteroatoms. The largest absolute Gasteiger partial charge is 0.356 e. The standard InChI is InChI=1S/C18H36N2O/c1-14(2)9-6-4-5-7-12-20-18(21)15(3)16-10-8-11-17(19)13-16/h14-17H,4-13,19H2,1-3H3,(H,20,21). The van der Waals surface area contributed by atoms with Gasteiger partial charge in [0, 0.05) is 18.5 Å². The number of nitrogens with two attached hydrogens (primary N) is 1. The first-order chi connectivity index (χ1) is 10.0. The topological polar surface area (TPSA) is 55.1 Å². The second-order valence-electron chi connectivity index (χ2n) is 7.36. The number of amides is 1. The smallest absolute Gasteiger partial charge is 0.223 e. The number of carbonyl (C=O) groups excluding carboxylic acids is 1. The van der Waals surface area contributed by atoms with Crippen molar-refractivity contribution in [3.05, 3.63) is 0 Å². The minimum atomic E-state index is 0.122. The van der Waals surface area contributed by atoms with E-state index in [1.165, 1.54) is 32.1 Å². The quantitative estimate of drug-likeness (QED) is 0.635. The molecule has 3 atom stereocenters. The van der Waals surface area contributed by atoms with Gasteiger partial charge in [-0.2, -0.15) is 0 Å². The van der Waals surface area contributed by atoms with Crippen LogP contribution in [0, 0.1) is 17.8 Å². The van der Waals surface area contributed by atoms with Crippen molar-refractivity contribution in [1.82, 2.24) is 5.32 Å². The van der Waals surface area contributed by atoms with Gasteiger partial charge in [-0.25, -0.2) is 0 Å². The van der Waals surface area contributed by atoms with Crippen molar-refractivity contribution >= 4 is 5.91 Å². The fraction of sp³-hybridized carbons (Fsp3) is 0.944. The Bertz CT molecular complexity index is 291. The molecule has 1 aliphatic rings. The highest BCUT2D eigenvalue weighted by molar-refractivity contribution is 5.78. The zero-order chi connectivity index (χ0) is 15.7. The Morgan fingerprint density at radius 1 is 1.14 bits per heavy atom. The van der Waals surface area contributed by atoms with Gasteiger partial charge in [0.2, 0.25) is 5.91 Å². The van der Waals surface area contributed by atoms with E-state index in [0.717, 1.165) is 38.1 Å². The van der Waals surface area contributed by atoms with Crippen molar-refractivity contribution in [3.8, 4) is 0 Å². The zero-order valence-corrected chi connectivity index (χ0v) is 14.4. The third kappa shape index (κ3) is 7.85. The number of hydrogen-bond donors (Lipinski definition) is 2. The van der Waals surface area contributed by atoms with Crippen LogP contribution in [0.2, 0.25) is 0 Å². The van der Waals surface area contributed by atoms with E-state index in [0.29, 0.717) is 12.0 Å². The van der Waals surface area contributed by atoms with Crippen LogP contribution in [-0.2, 0) is 4.79 Å². The Balaban J connectivity index is 2.07. The van der Waals surface area contributed by atoms with E-state index in [9.17, 15) is 4.79 Å². The number of nitrogens with one attached hydrogen (secondary N) is 1. The summed E-state index contributed by atoms with van der Waals surface area (Å²) in [6.45, 7) is 7.46. The molecular formula is C18H36N2O. The molecule has 0 spiro atoms. The molecule has 124 valence electrons. The third-order valence-electron chi connectivity index (χ3n) is 4.88. The van der Waals surface area contributed by atoms with E-state index in [-0.39, 0.29) is 11.8 Å². The van der Waals surface area contributed by atoms with Gasteiger partial charge in [-0.3, -0.25) is 4.79 Å². The molecule has 3 N–H and O–H groups in total. The fourth-order valence-corrected chi connectivity index (χ4v) is 3.34. The highest BCUT2D eigenvalue weighted by Crippen LogP contribution is 2.29. The molecule has 21 heavy (non-hydrogen) atoms. The lowest BCUT2D eigenvalue weighted by Gasteiger charge is -2.30. The van der Waals surface area contributed by atoms with Gasteiger partial charge in [0.05, 0.1) is 0 Å². The Labute approximate surface area is 131 Å². The van der Waals surface area contributed by atoms with Crippen LogP contribution in [-0.4, -0.2) is 18.5 Å². The molecule has 0 radical (unpaired) electrons. The second-order valence-corrected chi connectivity index (χ2v) is 7.36. The maximum absolute atomic E-state index is 12.2. The molecule has 0 aromatic rings. The van der Waals surface area contributed by atoms with Gasteiger partial charge in [-0.15, -0.1) is 0 Å². The van der Waals surface area contributed by atoms with Gasteiger partial charge >= 0.3 is 0 Å². The first kappa shape index (κ1) is 18.5. The molecule has 1 amide bonds. The summed E-state index contributed by atoms with van der Waals surface area (Å²) in [7, 11) is 0. The fourth-order valence-electron chi connectivity index (χ4n) is 3.34. The summed E-state index contributed by atoms with van der Waals surface area (Å²) in [6.07, 6.45) is 10.8. The molecule has 1 aliphatic carbocycles. The highest BCUT2D eigenvalue weighted by atomic mass is 16.1. The van der Waals surface area contributed by atoms with Crippen molar-refractivity contribution < 1.29 is 4.79 Å². The van der Waals surface area contributed by atoms with Crippen LogP contribution in [0.5, 0.6) is 0 Å². The SMILES string of the molecule is CC(C)CCCCCCNC(=O)C(C)C1CCCC(N)C1. The van der Waals surface area contributed by atoms with Crippen molar-refractivity contribution in [2.24, 2.45) is 23.5 Å². The molecule has 3 nitrogen and oxygen atoms in total. The van der Waals surface area contributed by atoms with Crippen molar-refractivity contribution in [1.29, 1.82) is 0 Å². The lowest BCUT2D eigenvalue weighted by Crippen LogP contribution is -2.38. The molecule has 0 bridgehead atoms. The molecule has 1 fully saturated rings. The number of carbonyl (C=O) groups is 1. The number of hydrogen-bond acceptors (Lipinski definition) is 2. The predicted octanol–water partition coefficient (Wildman–Crippen LogP) is 3.86. The summed E-state index contributed by atoms with van der Waals surface area (Å²) in [4.78, 5) is 12.2. The summed E-state index contributed by atoms with van der Waals surface area (Å²) < 4.78 is 0. The third-order valence-corrected chi connectivity index (χ3v) is 4.88. The molecule has 3 unspecified atom stereocenters. The van der Waals surface area contributed by atoms with Crippen LogP contribution >= 0.6 is 0 Å². The summed E-state index contributed by atoms with van der Waals surface area (Å²) in [5.74, 6) is 1.65. The lowest BCUT2D eigenvalue weighted by molar-refractivity contribution is -0.126. The van der Waals surface area contributed by atoms with Gasteiger partial charge < -0.3 is 11.1 Å². The zero-order valence-electron chi connectivity index (χ0n) is 14.4. The van der Waals surface area contributed by atoms with Crippen LogP contribution in [0.3, 0.4) is 0 Å². The van der Waals surface area contributed by atoms with Gasteiger partial charge in [0.15, 0.2) is 0 Å². The predicted molar refractivity (Wildman–Crippen MR) is 90.0 cm³/mol. The molecule has 0 saturated heterocycles. The van der Waals surface area contributed by atoms with Gasteiger partial charge in [-0.05, 0) is 37.5 Å². The van der Waals surface area contributed by atoms with Gasteiger partial charge in [0.1, 0.15) is 0 Å². The van der Waals surface area contributed by atoms with E-state index in [1.54, 1.807) is 0 Å². The lowest BCUT2D eigenvalue weighted by atomic mass is 9.78. The Morgan fingerprint density at radius 3 is 2.52 bits per heavy atom. The van der Waals surface area contributed by atoms with Crippen LogP contribution in [0.1, 0.15) is 78.6 Å². The number of unbranched alkanes of at least 4 members (excludes halogenated alkanes) is 3. The Kier molecular flexibility index (Phi) is 8.98. The van der Waals surface area contributed by atoms with Gasteiger partial charge in [-0.1, -0.05) is 52.9 Å². The van der Waals surface area contributed by atoms with Gasteiger partial charge in [0.25, 0.3) is 0 Å². The molecular weight excluding hydrogens is 260 g/mol. The van der Waals surface area contributed by atoms with Crippen molar-refractivity contribution in [2.45, 2.75) is 84.6 Å². The van der Waals surface area contributed by atoms with E-state index in [2.05, 4.69) is 26.1 Å². The molecule has 0 aliphatic heterocycles. The normalized spacial score (nSPS) is 24.0. The second kappa shape index (κ2) is 10.2. The van der Waals surface area contributed by atoms with E-state index >= 15 is 0 Å². The van der Waals surface area contributed by atoms with E-state index in [1.807, 2.05) is 0 Å². The average Bonchev–Trinajstić information content (AvgIpc) is 2.45. The maximum atomic E-state index is 12.2. The Morgan fingerprint density at radius 2 is 1.86 bits per heavy atom. The van der Waals surface area contributed by atoms with Crippen LogP contribution < -0.4 is 11.1 Å². The number of rotatable bonds is 9. The highest BCUT2D eigenvalue weighted by Gasteiger charge is 2.28. The van der Waals surface area contributed by atoms with E-state index < -0.39 is 0 Å². The molecule has 1 saturated carbocycles. The summed E-state index contributed by atoms with van der Waals surface area (Å²) in [6, 6.07) is 0.306. The maximum Gasteiger partial charge on any atom is 0.223 e. The average molecular weight is 296 g/mol. The Hall–Kier alpha value is -0.570. The summed E-state index contributed by atoms with van der Waals surface area (Å²) >= 11 is 0. The van der Waals surface area contributed by atoms with E-state index in [4.69, 9.17) is 5.73 Å².